The highest BCUT2D eigenvalue weighted by Crippen LogP contribution is 2.17. The van der Waals surface area contributed by atoms with Crippen molar-refractivity contribution in [3.8, 4) is 0 Å². The minimum Gasteiger partial charge on any atom is -0.313 e. The van der Waals surface area contributed by atoms with E-state index in [-0.39, 0.29) is 11.8 Å². The van der Waals surface area contributed by atoms with E-state index in [1.807, 2.05) is 24.4 Å². The van der Waals surface area contributed by atoms with Gasteiger partial charge in [0.05, 0.1) is 5.75 Å². The van der Waals surface area contributed by atoms with Gasteiger partial charge in [-0.3, -0.25) is 0 Å². The predicted molar refractivity (Wildman–Crippen MR) is 79.8 cm³/mol. The Morgan fingerprint density at radius 2 is 2.32 bits per heavy atom. The summed E-state index contributed by atoms with van der Waals surface area (Å²) in [7, 11) is -3.17. The minimum absolute atomic E-state index is 0.121. The fourth-order valence-corrected chi connectivity index (χ4v) is 4.94. The first kappa shape index (κ1) is 15.0. The Balaban J connectivity index is 1.98. The maximum Gasteiger partial charge on any atom is 0.215 e. The molecule has 0 radical (unpaired) electrons. The lowest BCUT2D eigenvalue weighted by molar-refractivity contribution is 0.395. The van der Waals surface area contributed by atoms with E-state index in [4.69, 9.17) is 0 Å². The van der Waals surface area contributed by atoms with Crippen molar-refractivity contribution in [1.29, 1.82) is 0 Å². The molecule has 1 unspecified atom stereocenters. The summed E-state index contributed by atoms with van der Waals surface area (Å²) in [6.07, 6.45) is 3.25. The number of hydrogen-bond donors (Lipinski definition) is 1. The Labute approximate surface area is 119 Å². The third-order valence-electron chi connectivity index (χ3n) is 3.48. The molecule has 1 N–H and O–H groups in total. The molecule has 108 valence electrons. The van der Waals surface area contributed by atoms with Gasteiger partial charge < -0.3 is 5.32 Å². The van der Waals surface area contributed by atoms with Crippen LogP contribution in [-0.4, -0.2) is 37.6 Å². The van der Waals surface area contributed by atoms with Crippen LogP contribution < -0.4 is 5.32 Å². The molecule has 19 heavy (non-hydrogen) atoms. The second-order valence-electron chi connectivity index (χ2n) is 4.93. The monoisotopic (exact) mass is 302 g/mol. The number of nitrogens with one attached hydrogen (secondary N) is 1. The van der Waals surface area contributed by atoms with E-state index < -0.39 is 10.0 Å². The average molecular weight is 302 g/mol. The van der Waals surface area contributed by atoms with Gasteiger partial charge >= 0.3 is 0 Å². The van der Waals surface area contributed by atoms with Crippen molar-refractivity contribution < 1.29 is 8.42 Å². The maximum absolute atomic E-state index is 12.4. The van der Waals surface area contributed by atoms with E-state index in [2.05, 4.69) is 5.32 Å². The zero-order valence-electron chi connectivity index (χ0n) is 11.3. The molecule has 0 aromatic carbocycles. The van der Waals surface area contributed by atoms with Crippen molar-refractivity contribution in [1.82, 2.24) is 9.62 Å². The van der Waals surface area contributed by atoms with Gasteiger partial charge in [0.1, 0.15) is 0 Å². The summed E-state index contributed by atoms with van der Waals surface area (Å²) in [5, 5.41) is 5.29. The molecule has 4 nitrogen and oxygen atoms in total. The SMILES string of the molecule is CCN(Cc1cccs1)S(=O)(=O)CC1CCCCN1. The molecular weight excluding hydrogens is 280 g/mol. The fourth-order valence-electron chi connectivity index (χ4n) is 2.41. The van der Waals surface area contributed by atoms with Crippen LogP contribution in [0.25, 0.3) is 0 Å². The van der Waals surface area contributed by atoms with Crippen molar-refractivity contribution in [2.45, 2.75) is 38.8 Å². The Morgan fingerprint density at radius 3 is 2.89 bits per heavy atom. The van der Waals surface area contributed by atoms with Crippen LogP contribution in [0.3, 0.4) is 0 Å². The predicted octanol–water partition coefficient (Wildman–Crippen LogP) is 2.04. The maximum atomic E-state index is 12.4. The van der Waals surface area contributed by atoms with Gasteiger partial charge in [-0.2, -0.15) is 4.31 Å². The first-order chi connectivity index (χ1) is 9.12. The van der Waals surface area contributed by atoms with Crippen LogP contribution in [0.15, 0.2) is 17.5 Å². The Morgan fingerprint density at radius 1 is 1.47 bits per heavy atom. The van der Waals surface area contributed by atoms with Gasteiger partial charge in [-0.15, -0.1) is 11.3 Å². The molecule has 1 atom stereocenters. The van der Waals surface area contributed by atoms with E-state index in [1.54, 1.807) is 15.6 Å². The number of piperidine rings is 1. The number of thiophene rings is 1. The fraction of sp³-hybridized carbons (Fsp3) is 0.692. The van der Waals surface area contributed by atoms with Crippen LogP contribution >= 0.6 is 11.3 Å². The van der Waals surface area contributed by atoms with Gasteiger partial charge in [-0.1, -0.05) is 19.4 Å². The lowest BCUT2D eigenvalue weighted by atomic mass is 10.1. The molecular formula is C13H22N2O2S2. The van der Waals surface area contributed by atoms with Crippen LogP contribution in [-0.2, 0) is 16.6 Å². The molecule has 6 heteroatoms. The normalized spacial score (nSPS) is 20.8. The highest BCUT2D eigenvalue weighted by Gasteiger charge is 2.26. The van der Waals surface area contributed by atoms with Crippen LogP contribution in [0.2, 0.25) is 0 Å². The third kappa shape index (κ3) is 4.27. The molecule has 1 aromatic heterocycles. The van der Waals surface area contributed by atoms with Gasteiger partial charge in [0, 0.05) is 24.0 Å². The molecule has 0 bridgehead atoms. The third-order valence-corrected chi connectivity index (χ3v) is 6.34. The lowest BCUT2D eigenvalue weighted by Crippen LogP contribution is -2.43. The van der Waals surface area contributed by atoms with Gasteiger partial charge in [0.25, 0.3) is 0 Å². The standard InChI is InChI=1S/C13H22N2O2S2/c1-2-15(10-13-7-5-9-18-13)19(16,17)11-12-6-3-4-8-14-12/h5,7,9,12,14H,2-4,6,8,10-11H2,1H3. The molecule has 1 saturated heterocycles. The van der Waals surface area contributed by atoms with Crippen LogP contribution in [0.5, 0.6) is 0 Å². The Hall–Kier alpha value is -0.430. The largest absolute Gasteiger partial charge is 0.313 e. The summed E-state index contributed by atoms with van der Waals surface area (Å²) >= 11 is 1.61. The summed E-state index contributed by atoms with van der Waals surface area (Å²) in [5.74, 6) is 0.228. The van der Waals surface area contributed by atoms with E-state index in [0.717, 1.165) is 30.7 Å². The Bertz CT molecular complexity index is 465. The van der Waals surface area contributed by atoms with Crippen LogP contribution in [0, 0.1) is 0 Å². The molecule has 1 aliphatic heterocycles. The van der Waals surface area contributed by atoms with E-state index >= 15 is 0 Å². The first-order valence-electron chi connectivity index (χ1n) is 6.85. The van der Waals surface area contributed by atoms with Crippen molar-refractivity contribution in [2.24, 2.45) is 0 Å². The highest BCUT2D eigenvalue weighted by molar-refractivity contribution is 7.89. The van der Waals surface area contributed by atoms with E-state index in [1.165, 1.54) is 0 Å². The summed E-state index contributed by atoms with van der Waals surface area (Å²) in [6.45, 7) is 3.88. The van der Waals surface area contributed by atoms with Crippen molar-refractivity contribution in [3.63, 3.8) is 0 Å². The van der Waals surface area contributed by atoms with Gasteiger partial charge in [0.15, 0.2) is 0 Å². The first-order valence-corrected chi connectivity index (χ1v) is 9.34. The molecule has 2 heterocycles. The lowest BCUT2D eigenvalue weighted by Gasteiger charge is -2.27. The molecule has 1 fully saturated rings. The molecule has 0 spiro atoms. The smallest absolute Gasteiger partial charge is 0.215 e. The van der Waals surface area contributed by atoms with Gasteiger partial charge in [0.2, 0.25) is 10.0 Å². The van der Waals surface area contributed by atoms with Crippen molar-refractivity contribution >= 4 is 21.4 Å². The molecule has 0 amide bonds. The van der Waals surface area contributed by atoms with Crippen LogP contribution in [0.4, 0.5) is 0 Å². The summed E-state index contributed by atoms with van der Waals surface area (Å²) in [6, 6.07) is 4.07. The summed E-state index contributed by atoms with van der Waals surface area (Å²) in [5.41, 5.74) is 0. The van der Waals surface area contributed by atoms with Crippen molar-refractivity contribution in [3.05, 3.63) is 22.4 Å². The number of sulfonamides is 1. The summed E-state index contributed by atoms with van der Waals surface area (Å²) < 4.78 is 26.5. The molecule has 0 saturated carbocycles. The zero-order chi connectivity index (χ0) is 13.7. The van der Waals surface area contributed by atoms with Gasteiger partial charge in [-0.05, 0) is 30.8 Å². The quantitative estimate of drug-likeness (QED) is 0.875. The second kappa shape index (κ2) is 6.83. The number of nitrogens with zero attached hydrogens (tertiary/aromatic N) is 1. The number of hydrogen-bond acceptors (Lipinski definition) is 4. The molecule has 0 aliphatic carbocycles. The molecule has 1 aromatic rings. The topological polar surface area (TPSA) is 49.4 Å². The highest BCUT2D eigenvalue weighted by atomic mass is 32.2. The average Bonchev–Trinajstić information content (AvgIpc) is 2.89. The molecule has 2 rings (SSSR count). The minimum atomic E-state index is -3.17. The van der Waals surface area contributed by atoms with Gasteiger partial charge in [-0.25, -0.2) is 8.42 Å². The van der Waals surface area contributed by atoms with Crippen LogP contribution in [0.1, 0.15) is 31.1 Å². The van der Waals surface area contributed by atoms with Crippen molar-refractivity contribution in [2.75, 3.05) is 18.8 Å². The summed E-state index contributed by atoms with van der Waals surface area (Å²) in [4.78, 5) is 1.10. The zero-order valence-corrected chi connectivity index (χ0v) is 13.0. The number of rotatable bonds is 6. The molecule has 1 aliphatic rings. The second-order valence-corrected chi connectivity index (χ2v) is 7.98. The van der Waals surface area contributed by atoms with E-state index in [0.29, 0.717) is 13.1 Å². The Kier molecular flexibility index (Phi) is 5.38. The van der Waals surface area contributed by atoms with E-state index in [9.17, 15) is 8.42 Å².